The van der Waals surface area contributed by atoms with Crippen molar-refractivity contribution in [2.24, 2.45) is 0 Å². The molecule has 0 fully saturated rings. The number of nitrogens with zero attached hydrogens (tertiary/aromatic N) is 2. The van der Waals surface area contributed by atoms with E-state index in [1.165, 1.54) is 10.7 Å². The van der Waals surface area contributed by atoms with Crippen molar-refractivity contribution in [3.63, 3.8) is 0 Å². The van der Waals surface area contributed by atoms with E-state index in [1.807, 2.05) is 30.3 Å². The minimum atomic E-state index is -0.310. The summed E-state index contributed by atoms with van der Waals surface area (Å²) < 4.78 is 15.2. The Balaban J connectivity index is 2.09. The van der Waals surface area contributed by atoms with Crippen molar-refractivity contribution in [2.75, 3.05) is 0 Å². The number of para-hydroxylation sites is 1. The van der Waals surface area contributed by atoms with E-state index in [2.05, 4.69) is 10.1 Å². The maximum absolute atomic E-state index is 13.9. The topological polar surface area (TPSA) is 50.7 Å². The van der Waals surface area contributed by atoms with Gasteiger partial charge in [-0.05, 0) is 36.8 Å². The van der Waals surface area contributed by atoms with Crippen molar-refractivity contribution >= 4 is 10.9 Å². The first-order valence-corrected chi connectivity index (χ1v) is 6.91. The van der Waals surface area contributed by atoms with E-state index in [9.17, 15) is 9.18 Å². The van der Waals surface area contributed by atoms with Crippen LogP contribution < -0.4 is 5.56 Å². The van der Waals surface area contributed by atoms with Crippen LogP contribution in [0.15, 0.2) is 53.5 Å². The molecule has 2 aliphatic heterocycles. The number of aromatic nitrogens is 3. The number of nitrogens with one attached hydrogen (secondary N) is 1. The molecule has 0 atom stereocenters. The molecule has 0 saturated heterocycles. The molecule has 0 radical (unpaired) electrons. The van der Waals surface area contributed by atoms with Crippen molar-refractivity contribution < 1.29 is 4.39 Å². The number of hydrogen-bond acceptors (Lipinski definition) is 2. The van der Waals surface area contributed by atoms with Crippen LogP contribution in [0.2, 0.25) is 0 Å². The molecule has 0 spiro atoms. The van der Waals surface area contributed by atoms with Gasteiger partial charge in [0.05, 0.1) is 11.3 Å². The first kappa shape index (κ1) is 12.8. The molecule has 0 amide bonds. The molecule has 0 unspecified atom stereocenters. The molecule has 4 nitrogen and oxygen atoms in total. The van der Waals surface area contributed by atoms with Crippen molar-refractivity contribution in [3.8, 4) is 16.9 Å². The van der Waals surface area contributed by atoms with E-state index in [0.717, 1.165) is 5.52 Å². The van der Waals surface area contributed by atoms with Gasteiger partial charge in [-0.1, -0.05) is 18.2 Å². The normalized spacial score (nSPS) is 11.4. The second-order valence-corrected chi connectivity index (χ2v) is 5.25. The van der Waals surface area contributed by atoms with E-state index in [4.69, 9.17) is 0 Å². The Morgan fingerprint density at radius 1 is 1.18 bits per heavy atom. The largest absolute Gasteiger partial charge is 0.360 e. The maximum atomic E-state index is 13.9. The van der Waals surface area contributed by atoms with Crippen LogP contribution >= 0.6 is 0 Å². The Labute approximate surface area is 125 Å². The number of rotatable bonds is 1. The summed E-state index contributed by atoms with van der Waals surface area (Å²) in [5.74, 6) is -0.310. The van der Waals surface area contributed by atoms with Crippen LogP contribution in [-0.4, -0.2) is 14.8 Å². The van der Waals surface area contributed by atoms with E-state index in [0.29, 0.717) is 27.9 Å². The lowest BCUT2D eigenvalue weighted by Gasteiger charge is -2.04. The molecule has 2 aromatic rings. The first-order chi connectivity index (χ1) is 10.6. The van der Waals surface area contributed by atoms with Gasteiger partial charge in [0, 0.05) is 17.1 Å². The van der Waals surface area contributed by atoms with E-state index < -0.39 is 0 Å². The summed E-state index contributed by atoms with van der Waals surface area (Å²) in [6, 6.07) is 12.3. The summed E-state index contributed by atoms with van der Waals surface area (Å²) >= 11 is 0. The number of fused-ring (bicyclic) bond motifs is 3. The molecule has 0 aliphatic carbocycles. The molecule has 108 valence electrons. The second-order valence-electron chi connectivity index (χ2n) is 5.25. The average molecular weight is 293 g/mol. The summed E-state index contributed by atoms with van der Waals surface area (Å²) in [7, 11) is 0. The third-order valence-corrected chi connectivity index (χ3v) is 3.80. The van der Waals surface area contributed by atoms with Gasteiger partial charge in [0.1, 0.15) is 11.5 Å². The van der Waals surface area contributed by atoms with Crippen LogP contribution in [0.25, 0.3) is 27.8 Å². The Kier molecular flexibility index (Phi) is 2.63. The molecule has 0 saturated carbocycles. The zero-order valence-electron chi connectivity index (χ0n) is 11.8. The first-order valence-electron chi connectivity index (χ1n) is 6.91. The zero-order chi connectivity index (χ0) is 15.3. The van der Waals surface area contributed by atoms with Crippen LogP contribution in [0.4, 0.5) is 4.39 Å². The molecule has 5 heteroatoms. The molecule has 2 heterocycles. The summed E-state index contributed by atoms with van der Waals surface area (Å²) in [6.07, 6.45) is 1.63. The minimum Gasteiger partial charge on any atom is -0.360 e. The molecule has 0 bridgehead atoms. The van der Waals surface area contributed by atoms with Crippen molar-refractivity contribution in [1.82, 2.24) is 14.8 Å². The van der Waals surface area contributed by atoms with Crippen LogP contribution in [0.1, 0.15) is 5.56 Å². The summed E-state index contributed by atoms with van der Waals surface area (Å²) in [5, 5.41) is 5.00. The fourth-order valence-electron chi connectivity index (χ4n) is 2.63. The number of aromatic amines is 1. The Morgan fingerprint density at radius 3 is 2.73 bits per heavy atom. The lowest BCUT2D eigenvalue weighted by Crippen LogP contribution is -2.14. The molecular formula is C17H12FN3O. The van der Waals surface area contributed by atoms with Gasteiger partial charge in [0.15, 0.2) is 0 Å². The SMILES string of the molecule is Cc1cc2[nH]cc3c(=O)n(-c4ccccc4)nc-3c2cc1F. The number of hydrogen-bond donors (Lipinski definition) is 1. The van der Waals surface area contributed by atoms with Gasteiger partial charge in [-0.15, -0.1) is 0 Å². The van der Waals surface area contributed by atoms with E-state index >= 15 is 0 Å². The van der Waals surface area contributed by atoms with Gasteiger partial charge in [-0.2, -0.15) is 9.78 Å². The van der Waals surface area contributed by atoms with Crippen molar-refractivity contribution in [3.05, 3.63) is 70.4 Å². The van der Waals surface area contributed by atoms with E-state index in [-0.39, 0.29) is 11.4 Å². The van der Waals surface area contributed by atoms with Gasteiger partial charge in [-0.25, -0.2) is 4.39 Å². The fourth-order valence-corrected chi connectivity index (χ4v) is 2.63. The smallest absolute Gasteiger partial charge is 0.282 e. The summed E-state index contributed by atoms with van der Waals surface area (Å²) in [4.78, 5) is 15.6. The predicted molar refractivity (Wildman–Crippen MR) is 83.0 cm³/mol. The number of benzene rings is 2. The molecule has 2 aromatic carbocycles. The van der Waals surface area contributed by atoms with Gasteiger partial charge >= 0.3 is 0 Å². The lowest BCUT2D eigenvalue weighted by molar-refractivity contribution is 0.620. The van der Waals surface area contributed by atoms with Crippen LogP contribution in [0, 0.1) is 12.7 Å². The molecule has 2 aliphatic rings. The Hall–Kier alpha value is -2.95. The Morgan fingerprint density at radius 2 is 1.95 bits per heavy atom. The summed E-state index contributed by atoms with van der Waals surface area (Å²) in [6.45, 7) is 1.70. The zero-order valence-corrected chi connectivity index (χ0v) is 11.8. The fraction of sp³-hybridized carbons (Fsp3) is 0.0588. The van der Waals surface area contributed by atoms with Crippen LogP contribution in [0.3, 0.4) is 0 Å². The quantitative estimate of drug-likeness (QED) is 0.585. The molecule has 4 rings (SSSR count). The highest BCUT2D eigenvalue weighted by Gasteiger charge is 2.19. The lowest BCUT2D eigenvalue weighted by atomic mass is 10.1. The van der Waals surface area contributed by atoms with Gasteiger partial charge in [0.2, 0.25) is 0 Å². The van der Waals surface area contributed by atoms with Crippen LogP contribution in [0.5, 0.6) is 0 Å². The van der Waals surface area contributed by atoms with Gasteiger partial charge < -0.3 is 4.98 Å². The minimum absolute atomic E-state index is 0.222. The predicted octanol–water partition coefficient (Wildman–Crippen LogP) is 3.27. The number of halogens is 1. The average Bonchev–Trinajstić information content (AvgIpc) is 2.87. The van der Waals surface area contributed by atoms with Crippen LogP contribution in [-0.2, 0) is 0 Å². The number of aryl methyl sites for hydroxylation is 1. The molecular weight excluding hydrogens is 281 g/mol. The standard InChI is InChI=1S/C17H12FN3O/c1-10-7-15-12(8-14(10)18)16-13(9-19-15)17(22)21(20-16)11-5-3-2-4-6-11/h2-9,19H,1H3. The maximum Gasteiger partial charge on any atom is 0.282 e. The monoisotopic (exact) mass is 293 g/mol. The summed E-state index contributed by atoms with van der Waals surface area (Å²) in [5.41, 5.74) is 2.71. The van der Waals surface area contributed by atoms with Gasteiger partial charge in [0.25, 0.3) is 5.56 Å². The highest BCUT2D eigenvalue weighted by atomic mass is 19.1. The molecule has 1 N–H and O–H groups in total. The molecule has 0 aromatic heterocycles. The number of pyridine rings is 1. The van der Waals surface area contributed by atoms with E-state index in [1.54, 1.807) is 19.2 Å². The van der Waals surface area contributed by atoms with Crippen molar-refractivity contribution in [1.29, 1.82) is 0 Å². The van der Waals surface area contributed by atoms with Crippen molar-refractivity contribution in [2.45, 2.75) is 6.92 Å². The highest BCUT2D eigenvalue weighted by molar-refractivity contribution is 5.93. The third kappa shape index (κ3) is 1.75. The second kappa shape index (κ2) is 4.53. The Bertz CT molecular complexity index is 1020. The number of H-pyrrole nitrogens is 1. The third-order valence-electron chi connectivity index (χ3n) is 3.80. The van der Waals surface area contributed by atoms with Gasteiger partial charge in [-0.3, -0.25) is 4.79 Å². The molecule has 22 heavy (non-hydrogen) atoms. The highest BCUT2D eigenvalue weighted by Crippen LogP contribution is 2.27.